The average Bonchev–Trinajstić information content (AvgIpc) is 0.801. The van der Waals surface area contributed by atoms with Gasteiger partial charge in [-0.3, -0.25) is 48.2 Å². The number of piperazine rings is 2. The Labute approximate surface area is 525 Å². The van der Waals surface area contributed by atoms with E-state index in [9.17, 15) is 38.4 Å². The van der Waals surface area contributed by atoms with Crippen LogP contribution in [0.25, 0.3) is 10.8 Å². The summed E-state index contributed by atoms with van der Waals surface area (Å²) in [6, 6.07) is 5.43. The van der Waals surface area contributed by atoms with E-state index in [0.29, 0.717) is 108 Å². The van der Waals surface area contributed by atoms with Gasteiger partial charge in [0.05, 0.1) is 0 Å². The molecule has 6 aliphatic rings. The van der Waals surface area contributed by atoms with E-state index < -0.39 is 35.7 Å². The van der Waals surface area contributed by atoms with Crippen molar-refractivity contribution in [3.63, 3.8) is 0 Å². The van der Waals surface area contributed by atoms with Crippen molar-refractivity contribution in [2.45, 2.75) is 151 Å². The maximum Gasteiger partial charge on any atom is 0.261 e. The molecular weight excluding hydrogens is 1170 g/mol. The summed E-state index contributed by atoms with van der Waals surface area (Å²) >= 11 is 0. The summed E-state index contributed by atoms with van der Waals surface area (Å²) in [6.45, 7) is 12.6. The van der Waals surface area contributed by atoms with E-state index in [1.165, 1.54) is 34.1 Å². The molecule has 86 heavy (non-hydrogen) atoms. The predicted octanol–water partition coefficient (Wildman–Crippen LogP) is 5.72. The van der Waals surface area contributed by atoms with Gasteiger partial charge < -0.3 is 52.3 Å². The number of rotatable bonds is 38. The molecule has 0 aliphatic carbocycles. The number of amides is 8. The van der Waals surface area contributed by atoms with Gasteiger partial charge in [-0.25, -0.2) is 0 Å². The van der Waals surface area contributed by atoms with E-state index in [0.717, 1.165) is 156 Å². The molecule has 2 aromatic rings. The number of nitrogens with zero attached hydrogens (tertiary/aromatic N) is 6. The number of benzene rings is 2. The maximum atomic E-state index is 14.1. The Balaban J connectivity index is 0.700. The third-order valence-electron chi connectivity index (χ3n) is 17.6. The van der Waals surface area contributed by atoms with Gasteiger partial charge in [0.1, 0.15) is 12.1 Å². The van der Waals surface area contributed by atoms with Crippen LogP contribution in [0.3, 0.4) is 0 Å². The van der Waals surface area contributed by atoms with Crippen LogP contribution in [0.5, 0.6) is 0 Å². The molecule has 0 bridgehead atoms. The molecule has 0 saturated carbocycles. The smallest absolute Gasteiger partial charge is 0.261 e. The minimum absolute atomic E-state index is 0.0629. The lowest BCUT2D eigenvalue weighted by Crippen LogP contribution is -2.49. The number of carbonyl (C=O) groups is 8. The third-order valence-corrected chi connectivity index (χ3v) is 23.6. The number of carbonyl (C=O) groups excluding carboxylic acids is 8. The molecule has 476 valence electrons. The van der Waals surface area contributed by atoms with Crippen LogP contribution in [0, 0.1) is 0 Å². The lowest BCUT2D eigenvalue weighted by molar-refractivity contribution is -0.129. The quantitative estimate of drug-likeness (QED) is 0.0267. The molecule has 0 unspecified atom stereocenters. The first-order valence-electron chi connectivity index (χ1n) is 32.2. The largest absolute Gasteiger partial charge is 0.354 e. The fraction of sp³-hybridized carbons (Fsp3) is 0.710. The van der Waals surface area contributed by atoms with Crippen LogP contribution in [0.2, 0.25) is 0 Å². The van der Waals surface area contributed by atoms with Crippen LogP contribution >= 0.6 is 43.2 Å². The molecule has 4 fully saturated rings. The lowest BCUT2D eigenvalue weighted by Gasteiger charge is -2.36. The molecule has 4 saturated heterocycles. The van der Waals surface area contributed by atoms with Crippen molar-refractivity contribution in [3.05, 3.63) is 46.5 Å². The second-order valence-corrected chi connectivity index (χ2v) is 29.5. The van der Waals surface area contributed by atoms with E-state index in [4.69, 9.17) is 11.5 Å². The topological polar surface area (TPSA) is 256 Å². The van der Waals surface area contributed by atoms with Gasteiger partial charge in [0.15, 0.2) is 0 Å². The Morgan fingerprint density at radius 3 is 1.13 bits per heavy atom. The minimum Gasteiger partial charge on any atom is -0.354 e. The zero-order valence-electron chi connectivity index (χ0n) is 50.6. The van der Waals surface area contributed by atoms with E-state index in [2.05, 4.69) is 40.9 Å². The fourth-order valence-corrected chi connectivity index (χ4v) is 18.6. The van der Waals surface area contributed by atoms with E-state index in [1.807, 2.05) is 43.2 Å². The van der Waals surface area contributed by atoms with Crippen molar-refractivity contribution >= 4 is 101 Å². The second kappa shape index (κ2) is 36.0. The molecule has 0 spiro atoms. The number of hydrogen-bond acceptors (Lipinski definition) is 18. The Hall–Kier alpha value is -3.98. The molecule has 0 radical (unpaired) electrons. The molecule has 8 amide bonds. The van der Waals surface area contributed by atoms with Gasteiger partial charge in [-0.2, -0.15) is 0 Å². The highest BCUT2D eigenvalue weighted by atomic mass is 33.1. The fourth-order valence-electron chi connectivity index (χ4n) is 12.5. The highest BCUT2D eigenvalue weighted by molar-refractivity contribution is 8.77. The van der Waals surface area contributed by atoms with Crippen LogP contribution in [-0.2, 0) is 19.2 Å². The Bertz CT molecular complexity index is 2350. The Morgan fingerprint density at radius 1 is 0.453 bits per heavy atom. The highest BCUT2D eigenvalue weighted by Crippen LogP contribution is 2.41. The van der Waals surface area contributed by atoms with Crippen molar-refractivity contribution in [1.82, 2.24) is 50.7 Å². The van der Waals surface area contributed by atoms with Crippen LogP contribution in [0.15, 0.2) is 24.3 Å². The van der Waals surface area contributed by atoms with E-state index >= 15 is 0 Å². The Morgan fingerprint density at radius 2 is 0.802 bits per heavy atom. The van der Waals surface area contributed by atoms with Gasteiger partial charge in [-0.1, -0.05) is 56.0 Å². The summed E-state index contributed by atoms with van der Waals surface area (Å²) in [6.07, 6.45) is 16.4. The van der Waals surface area contributed by atoms with Crippen molar-refractivity contribution in [2.75, 3.05) is 129 Å². The van der Waals surface area contributed by atoms with Gasteiger partial charge in [-0.15, -0.1) is 0 Å². The molecular formula is C62H96N12O8S4. The van der Waals surface area contributed by atoms with Gasteiger partial charge in [0, 0.05) is 146 Å². The number of unbranched alkanes of at least 4 members (excludes halogenated alkanes) is 4. The highest BCUT2D eigenvalue weighted by Gasteiger charge is 2.40. The van der Waals surface area contributed by atoms with Crippen LogP contribution in [0.1, 0.15) is 170 Å². The molecule has 20 nitrogen and oxygen atoms in total. The molecule has 6 heterocycles. The van der Waals surface area contributed by atoms with E-state index in [-0.39, 0.29) is 36.7 Å². The van der Waals surface area contributed by atoms with E-state index in [1.54, 1.807) is 24.3 Å². The summed E-state index contributed by atoms with van der Waals surface area (Å²) in [5.74, 6) is 0.353. The number of nitrogens with one attached hydrogen (secondary N) is 4. The summed E-state index contributed by atoms with van der Waals surface area (Å²) in [4.78, 5) is 120. The average molecular weight is 1270 g/mol. The first-order valence-corrected chi connectivity index (χ1v) is 37.0. The summed E-state index contributed by atoms with van der Waals surface area (Å²) in [7, 11) is 7.80. The maximum absolute atomic E-state index is 14.1. The number of hydrogen-bond donors (Lipinski definition) is 6. The van der Waals surface area contributed by atoms with Crippen molar-refractivity contribution < 1.29 is 38.4 Å². The Kier molecular flexibility index (Phi) is 28.5. The van der Waals surface area contributed by atoms with Crippen LogP contribution < -0.4 is 32.7 Å². The normalized spacial score (nSPS) is 20.3. The summed E-state index contributed by atoms with van der Waals surface area (Å²) in [5, 5.41) is 14.3. The molecule has 8 N–H and O–H groups in total. The van der Waals surface area contributed by atoms with Crippen molar-refractivity contribution in [2.24, 2.45) is 11.5 Å². The molecule has 2 aromatic carbocycles. The lowest BCUT2D eigenvalue weighted by atomic mass is 9.86. The monoisotopic (exact) mass is 1260 g/mol. The number of nitrogens with two attached hydrogens (primary N) is 2. The van der Waals surface area contributed by atoms with Crippen LogP contribution in [0.4, 0.5) is 0 Å². The standard InChI is InChI=1S/C62H96N12O8S4/c63-25-7-5-15-51(67-53(75)17-3-1-13-45-23-43-83-85-45)57(77)65-27-9-29-69-35-39-71(40-36-69)31-11-33-73-59(79)47-19-21-49-56-50(22-20-48(55(47)56)60(73)80)62(82)74(61(49)81)34-12-32-72-41-37-70(38-42-72)30-10-28-66-58(78)52(16-6-8-26-64)68-54(76)18-4-2-14-46-24-44-84-86-46/h19-22,45-46,51-52H,1-18,23-44,63-64H2,(H,65,77)(H,66,78)(H,67,75)(H,68,76)/t45-,46-,51+,52+/m1/s1. The second-order valence-electron chi connectivity index (χ2n) is 23.9. The molecule has 0 aromatic heterocycles. The van der Waals surface area contributed by atoms with Gasteiger partial charge >= 0.3 is 0 Å². The molecule has 6 aliphatic heterocycles. The first-order chi connectivity index (χ1) is 41.9. The molecule has 24 heteroatoms. The summed E-state index contributed by atoms with van der Waals surface area (Å²) in [5.41, 5.74) is 12.7. The predicted molar refractivity (Wildman–Crippen MR) is 348 cm³/mol. The number of imide groups is 2. The van der Waals surface area contributed by atoms with Gasteiger partial charge in [-0.05, 0) is 166 Å². The first kappa shape index (κ1) is 67.9. The third kappa shape index (κ3) is 20.0. The SMILES string of the molecule is NCCCC[C@H](NC(=O)CCCC[C@@H]1CCSS1)C(=O)NCCCN1CCN(CCCN2C(=O)c3ccc4c5c(ccc(c35)C2=O)C(=O)N(CCCN2CCN(CCCNC(=O)[C@H](CCCCN)NC(=O)CCCC[C@@H]3CCSS3)CC2)C4=O)CC1. The molecule has 4 atom stereocenters. The summed E-state index contributed by atoms with van der Waals surface area (Å²) < 4.78 is 0. The van der Waals surface area contributed by atoms with Gasteiger partial charge in [0.25, 0.3) is 23.6 Å². The minimum atomic E-state index is -0.553. The van der Waals surface area contributed by atoms with Crippen LogP contribution in [-0.4, -0.2) is 229 Å². The molecule has 8 rings (SSSR count). The van der Waals surface area contributed by atoms with Crippen molar-refractivity contribution in [1.29, 1.82) is 0 Å². The van der Waals surface area contributed by atoms with Gasteiger partial charge in [0.2, 0.25) is 23.6 Å². The zero-order valence-corrected chi connectivity index (χ0v) is 53.9. The van der Waals surface area contributed by atoms with Crippen molar-refractivity contribution in [3.8, 4) is 0 Å². The zero-order chi connectivity index (χ0) is 60.6.